The molecule has 4 heterocycles. The Bertz CT molecular complexity index is 1440. The Morgan fingerprint density at radius 2 is 1.82 bits per heavy atom. The maximum Gasteiger partial charge on any atom is 0.267 e. The van der Waals surface area contributed by atoms with E-state index in [9.17, 15) is 9.59 Å². The molecule has 1 aliphatic carbocycles. The van der Waals surface area contributed by atoms with Crippen molar-refractivity contribution >= 4 is 16.9 Å². The minimum Gasteiger partial charge on any atom is -0.353 e. The highest BCUT2D eigenvalue weighted by atomic mass is 16.1. The third kappa shape index (κ3) is 3.92. The van der Waals surface area contributed by atoms with Gasteiger partial charge in [-0.2, -0.15) is 5.10 Å². The van der Waals surface area contributed by atoms with Crippen LogP contribution in [-0.2, 0) is 7.05 Å². The molecule has 0 aliphatic heterocycles. The third-order valence-corrected chi connectivity index (χ3v) is 6.29. The van der Waals surface area contributed by atoms with Gasteiger partial charge in [0, 0.05) is 31.0 Å². The standard InChI is InChI=1S/C23H26N8O2/c1-14-12-15(2)30(27-14)20-8-9-21(32)31(28-20)17-6-4-16(5-7-17)25-23-26-19-13-24-11-10-18(19)22(33)29(23)3/h8-13,16-17H,4-7H2,1-3H3,(H,25,26). The minimum absolute atomic E-state index is 0.0186. The van der Waals surface area contributed by atoms with Crippen molar-refractivity contribution in [3.63, 3.8) is 0 Å². The van der Waals surface area contributed by atoms with E-state index in [-0.39, 0.29) is 23.2 Å². The molecule has 1 aliphatic rings. The maximum absolute atomic E-state index is 12.6. The first-order valence-electron chi connectivity index (χ1n) is 11.1. The highest BCUT2D eigenvalue weighted by Gasteiger charge is 2.25. The number of hydrogen-bond acceptors (Lipinski definition) is 7. The number of nitrogens with one attached hydrogen (secondary N) is 1. The Balaban J connectivity index is 1.33. The van der Waals surface area contributed by atoms with Crippen molar-refractivity contribution in [1.29, 1.82) is 0 Å². The summed E-state index contributed by atoms with van der Waals surface area (Å²) in [4.78, 5) is 33.9. The van der Waals surface area contributed by atoms with E-state index in [2.05, 4.69) is 25.5 Å². The smallest absolute Gasteiger partial charge is 0.267 e. The largest absolute Gasteiger partial charge is 0.353 e. The highest BCUT2D eigenvalue weighted by molar-refractivity contribution is 5.77. The monoisotopic (exact) mass is 446 g/mol. The highest BCUT2D eigenvalue weighted by Crippen LogP contribution is 2.29. The Morgan fingerprint density at radius 3 is 2.55 bits per heavy atom. The Labute approximate surface area is 189 Å². The number of hydrogen-bond donors (Lipinski definition) is 1. The predicted molar refractivity (Wildman–Crippen MR) is 125 cm³/mol. The SMILES string of the molecule is Cc1cc(C)n(-c2ccc(=O)n(C3CCC(Nc4nc5cnccc5c(=O)n4C)CC3)n2)n1. The van der Waals surface area contributed by atoms with Crippen LogP contribution in [0, 0.1) is 13.8 Å². The maximum atomic E-state index is 12.6. The third-order valence-electron chi connectivity index (χ3n) is 6.29. The molecule has 10 nitrogen and oxygen atoms in total. The van der Waals surface area contributed by atoms with Crippen LogP contribution in [0.25, 0.3) is 16.7 Å². The van der Waals surface area contributed by atoms with Gasteiger partial charge in [-0.25, -0.2) is 14.3 Å². The molecule has 0 atom stereocenters. The lowest BCUT2D eigenvalue weighted by Crippen LogP contribution is -2.35. The fraction of sp³-hybridized carbons (Fsp3) is 0.391. The topological polar surface area (TPSA) is 113 Å². The first-order valence-corrected chi connectivity index (χ1v) is 11.1. The summed E-state index contributed by atoms with van der Waals surface area (Å²) < 4.78 is 4.90. The van der Waals surface area contributed by atoms with E-state index in [0.29, 0.717) is 22.7 Å². The molecule has 170 valence electrons. The van der Waals surface area contributed by atoms with Gasteiger partial charge in [0.1, 0.15) is 0 Å². The van der Waals surface area contributed by atoms with Crippen LogP contribution in [0.1, 0.15) is 43.1 Å². The molecule has 0 saturated heterocycles. The normalized spacial score (nSPS) is 18.5. The fourth-order valence-corrected chi connectivity index (χ4v) is 4.55. The van der Waals surface area contributed by atoms with Crippen molar-refractivity contribution in [3.8, 4) is 5.82 Å². The zero-order valence-corrected chi connectivity index (χ0v) is 18.9. The van der Waals surface area contributed by atoms with Crippen LogP contribution in [-0.4, -0.2) is 40.1 Å². The lowest BCUT2D eigenvalue weighted by molar-refractivity contribution is 0.302. The van der Waals surface area contributed by atoms with Gasteiger partial charge in [0.25, 0.3) is 11.1 Å². The Morgan fingerprint density at radius 1 is 1.03 bits per heavy atom. The van der Waals surface area contributed by atoms with E-state index >= 15 is 0 Å². The van der Waals surface area contributed by atoms with Gasteiger partial charge in [0.05, 0.1) is 28.8 Å². The molecule has 1 saturated carbocycles. The summed E-state index contributed by atoms with van der Waals surface area (Å²) >= 11 is 0. The minimum atomic E-state index is -0.109. The molecule has 1 fully saturated rings. The average molecular weight is 447 g/mol. The van der Waals surface area contributed by atoms with Crippen molar-refractivity contribution in [2.45, 2.75) is 51.6 Å². The van der Waals surface area contributed by atoms with E-state index in [1.165, 1.54) is 0 Å². The molecule has 0 aromatic carbocycles. The van der Waals surface area contributed by atoms with Crippen LogP contribution in [0.4, 0.5) is 5.95 Å². The van der Waals surface area contributed by atoms with Gasteiger partial charge in [0.2, 0.25) is 5.95 Å². The van der Waals surface area contributed by atoms with Crippen LogP contribution in [0.2, 0.25) is 0 Å². The second-order valence-corrected chi connectivity index (χ2v) is 8.66. The second-order valence-electron chi connectivity index (χ2n) is 8.66. The number of fused-ring (bicyclic) bond motifs is 1. The molecule has 0 radical (unpaired) electrons. The number of pyridine rings is 1. The predicted octanol–water partition coefficient (Wildman–Crippen LogP) is 2.28. The summed E-state index contributed by atoms with van der Waals surface area (Å²) in [5.74, 6) is 1.18. The zero-order valence-electron chi connectivity index (χ0n) is 18.9. The Hall–Kier alpha value is -3.82. The fourth-order valence-electron chi connectivity index (χ4n) is 4.55. The van der Waals surface area contributed by atoms with Crippen LogP contribution in [0.15, 0.2) is 46.2 Å². The van der Waals surface area contributed by atoms with E-state index < -0.39 is 0 Å². The Kier molecular flexibility index (Phi) is 5.27. The summed E-state index contributed by atoms with van der Waals surface area (Å²) in [7, 11) is 1.72. The molecule has 4 aromatic rings. The molecule has 10 heteroatoms. The second kappa shape index (κ2) is 8.27. The van der Waals surface area contributed by atoms with Crippen LogP contribution >= 0.6 is 0 Å². The number of aromatic nitrogens is 7. The zero-order chi connectivity index (χ0) is 23.1. The lowest BCUT2D eigenvalue weighted by Gasteiger charge is -2.30. The molecule has 33 heavy (non-hydrogen) atoms. The number of aryl methyl sites for hydroxylation is 2. The molecule has 0 amide bonds. The van der Waals surface area contributed by atoms with Gasteiger partial charge in [-0.1, -0.05) is 0 Å². The summed E-state index contributed by atoms with van der Waals surface area (Å²) in [6.45, 7) is 3.91. The van der Waals surface area contributed by atoms with Crippen molar-refractivity contribution in [2.75, 3.05) is 5.32 Å². The molecule has 0 unspecified atom stereocenters. The van der Waals surface area contributed by atoms with Crippen LogP contribution in [0.5, 0.6) is 0 Å². The van der Waals surface area contributed by atoms with Crippen molar-refractivity contribution in [3.05, 3.63) is 68.8 Å². The van der Waals surface area contributed by atoms with Gasteiger partial charge in [-0.15, -0.1) is 5.10 Å². The van der Waals surface area contributed by atoms with E-state index in [1.54, 1.807) is 51.6 Å². The van der Waals surface area contributed by atoms with Crippen LogP contribution < -0.4 is 16.4 Å². The first-order chi connectivity index (χ1) is 15.9. The van der Waals surface area contributed by atoms with Gasteiger partial charge in [-0.3, -0.25) is 19.1 Å². The van der Waals surface area contributed by atoms with E-state index in [1.807, 2.05) is 19.9 Å². The first kappa shape index (κ1) is 21.0. The summed E-state index contributed by atoms with van der Waals surface area (Å²) in [5, 5.41) is 13.1. The number of nitrogens with zero attached hydrogens (tertiary/aromatic N) is 7. The quantitative estimate of drug-likeness (QED) is 0.512. The average Bonchev–Trinajstić information content (AvgIpc) is 3.16. The molecule has 0 spiro atoms. The van der Waals surface area contributed by atoms with Gasteiger partial charge < -0.3 is 5.32 Å². The van der Waals surface area contributed by atoms with Crippen molar-refractivity contribution in [2.24, 2.45) is 7.05 Å². The molecule has 0 bridgehead atoms. The van der Waals surface area contributed by atoms with Gasteiger partial charge >= 0.3 is 0 Å². The molecule has 5 rings (SSSR count). The summed E-state index contributed by atoms with van der Waals surface area (Å²) in [5.41, 5.74) is 2.25. The lowest BCUT2D eigenvalue weighted by atomic mass is 9.91. The van der Waals surface area contributed by atoms with Crippen molar-refractivity contribution in [1.82, 2.24) is 34.1 Å². The summed E-state index contributed by atoms with van der Waals surface area (Å²) in [6, 6.07) is 7.12. The van der Waals surface area contributed by atoms with E-state index in [4.69, 9.17) is 0 Å². The molecular weight excluding hydrogens is 420 g/mol. The van der Waals surface area contributed by atoms with Crippen LogP contribution in [0.3, 0.4) is 0 Å². The van der Waals surface area contributed by atoms with Crippen molar-refractivity contribution < 1.29 is 0 Å². The number of anilines is 1. The molecular formula is C23H26N8O2. The number of rotatable bonds is 4. The van der Waals surface area contributed by atoms with E-state index in [0.717, 1.165) is 37.1 Å². The van der Waals surface area contributed by atoms with Gasteiger partial charge in [0.15, 0.2) is 5.82 Å². The van der Waals surface area contributed by atoms with Gasteiger partial charge in [-0.05, 0) is 57.7 Å². The molecule has 1 N–H and O–H groups in total. The molecule has 4 aromatic heterocycles. The summed E-state index contributed by atoms with van der Waals surface area (Å²) in [6.07, 6.45) is 6.47.